The number of ketones is 1. The quantitative estimate of drug-likeness (QED) is 0.0732. The molecule has 242 valence electrons. The van der Waals surface area contributed by atoms with Crippen LogP contribution in [0.25, 0.3) is 0 Å². The molecule has 0 bridgehead atoms. The number of halogens is 2. The molecule has 0 aliphatic heterocycles. The molecule has 0 atom stereocenters. The van der Waals surface area contributed by atoms with Gasteiger partial charge in [0.1, 0.15) is 23.2 Å². The Labute approximate surface area is 264 Å². The van der Waals surface area contributed by atoms with E-state index in [0.717, 1.165) is 12.1 Å². The van der Waals surface area contributed by atoms with Gasteiger partial charge >= 0.3 is 0 Å². The predicted octanol–water partition coefficient (Wildman–Crippen LogP) is 5.09. The molecule has 1 aromatic heterocycles. The average molecular weight is 636 g/mol. The number of rotatable bonds is 18. The normalized spacial score (nSPS) is 10.8. The highest BCUT2D eigenvalue weighted by Gasteiger charge is 2.12. The summed E-state index contributed by atoms with van der Waals surface area (Å²) in [5, 5.41) is 21.4. The molecule has 4 rings (SSSR count). The third kappa shape index (κ3) is 11.1. The van der Waals surface area contributed by atoms with E-state index in [2.05, 4.69) is 36.2 Å². The fourth-order valence-corrected chi connectivity index (χ4v) is 4.03. The lowest BCUT2D eigenvalue weighted by Crippen LogP contribution is -2.23. The van der Waals surface area contributed by atoms with Crippen LogP contribution in [0.5, 0.6) is 5.75 Å². The summed E-state index contributed by atoms with van der Waals surface area (Å²) in [7, 11) is 0. The number of aromatic nitrogens is 3. The van der Waals surface area contributed by atoms with Crippen LogP contribution in [0.4, 0.5) is 38.0 Å². The molecule has 0 aliphatic carbocycles. The number of phenols is 1. The van der Waals surface area contributed by atoms with Crippen molar-refractivity contribution in [3.63, 3.8) is 0 Å². The Morgan fingerprint density at radius 3 is 1.93 bits per heavy atom. The first kappa shape index (κ1) is 33.7. The standard InChI is InChI=1S/C32H35F2N7O5/c1-21(42)4-3-16-45-18-19-46-17-15-35-30-39-31(41-32(40-30)38-24-11-13-25(43)14-12-24)37-23-9-7-22(8-10-23)29(44)36-20-26-27(33)5-2-6-28(26)34/h2,5-14,43H,3-4,15-20H2,1H3,(H,36,44)(H3,35,37,38,39,40,41). The Balaban J connectivity index is 1.34. The number of anilines is 5. The zero-order chi connectivity index (χ0) is 32.7. The van der Waals surface area contributed by atoms with Crippen LogP contribution in [0.1, 0.15) is 35.7 Å². The van der Waals surface area contributed by atoms with Gasteiger partial charge in [0.25, 0.3) is 5.91 Å². The van der Waals surface area contributed by atoms with Crippen molar-refractivity contribution in [2.24, 2.45) is 0 Å². The Morgan fingerprint density at radius 1 is 0.761 bits per heavy atom. The first-order valence-electron chi connectivity index (χ1n) is 14.6. The Kier molecular flexibility index (Phi) is 12.7. The highest BCUT2D eigenvalue weighted by Crippen LogP contribution is 2.21. The molecule has 0 saturated heterocycles. The van der Waals surface area contributed by atoms with Gasteiger partial charge in [-0.05, 0) is 74.0 Å². The first-order chi connectivity index (χ1) is 22.3. The van der Waals surface area contributed by atoms with Crippen LogP contribution in [-0.4, -0.2) is 64.7 Å². The Bertz CT molecular complexity index is 1570. The minimum atomic E-state index is -0.735. The Morgan fingerprint density at radius 2 is 1.33 bits per heavy atom. The van der Waals surface area contributed by atoms with Crippen molar-refractivity contribution in [1.82, 2.24) is 20.3 Å². The fraction of sp³-hybridized carbons (Fsp3) is 0.281. The first-order valence-corrected chi connectivity index (χ1v) is 14.6. The SMILES string of the molecule is CC(=O)CCCOCCOCCNc1nc(Nc2ccc(O)cc2)nc(Nc2ccc(C(=O)NCc3c(F)cccc3F)cc2)n1. The zero-order valence-electron chi connectivity index (χ0n) is 25.2. The molecule has 4 aromatic rings. The molecular weight excluding hydrogens is 600 g/mol. The number of hydrogen-bond donors (Lipinski definition) is 5. The van der Waals surface area contributed by atoms with Gasteiger partial charge in [0.2, 0.25) is 17.8 Å². The number of nitrogens with one attached hydrogen (secondary N) is 4. The summed E-state index contributed by atoms with van der Waals surface area (Å²) in [4.78, 5) is 36.8. The number of Topliss-reactive ketones (excluding diaryl/α,β-unsaturated/α-hetero) is 1. The van der Waals surface area contributed by atoms with Crippen molar-refractivity contribution in [1.29, 1.82) is 0 Å². The van der Waals surface area contributed by atoms with E-state index in [-0.39, 0.29) is 47.0 Å². The summed E-state index contributed by atoms with van der Waals surface area (Å²) < 4.78 is 38.8. The lowest BCUT2D eigenvalue weighted by molar-refractivity contribution is -0.117. The molecule has 12 nitrogen and oxygen atoms in total. The molecule has 5 N–H and O–H groups in total. The zero-order valence-corrected chi connectivity index (χ0v) is 25.2. The maximum Gasteiger partial charge on any atom is 0.251 e. The van der Waals surface area contributed by atoms with E-state index in [1.165, 1.54) is 18.2 Å². The number of carbonyl (C=O) groups excluding carboxylic acids is 2. The minimum absolute atomic E-state index is 0.115. The number of carbonyl (C=O) groups is 2. The number of benzene rings is 3. The molecule has 0 fully saturated rings. The highest BCUT2D eigenvalue weighted by atomic mass is 19.1. The summed E-state index contributed by atoms with van der Waals surface area (Å²) in [6, 6.07) is 16.3. The van der Waals surface area contributed by atoms with Crippen molar-refractivity contribution in [3.05, 3.63) is 89.5 Å². The number of hydrogen-bond acceptors (Lipinski definition) is 11. The van der Waals surface area contributed by atoms with Crippen LogP contribution in [-0.2, 0) is 20.8 Å². The van der Waals surface area contributed by atoms with Gasteiger partial charge in [-0.1, -0.05) is 6.07 Å². The van der Waals surface area contributed by atoms with Crippen molar-refractivity contribution in [2.75, 3.05) is 48.9 Å². The number of ether oxygens (including phenoxy) is 2. The van der Waals surface area contributed by atoms with E-state index in [0.29, 0.717) is 57.2 Å². The van der Waals surface area contributed by atoms with Gasteiger partial charge in [-0.25, -0.2) is 8.78 Å². The van der Waals surface area contributed by atoms with Gasteiger partial charge in [0.05, 0.1) is 19.8 Å². The number of nitrogens with zero attached hydrogens (tertiary/aromatic N) is 3. The van der Waals surface area contributed by atoms with Crippen LogP contribution >= 0.6 is 0 Å². The molecule has 14 heteroatoms. The van der Waals surface area contributed by atoms with E-state index < -0.39 is 17.5 Å². The third-order valence-corrected chi connectivity index (χ3v) is 6.37. The van der Waals surface area contributed by atoms with E-state index >= 15 is 0 Å². The molecule has 1 amide bonds. The number of phenolic OH excluding ortho intramolecular Hbond substituents is 1. The van der Waals surface area contributed by atoms with E-state index in [4.69, 9.17) is 9.47 Å². The van der Waals surface area contributed by atoms with Crippen molar-refractivity contribution >= 4 is 40.9 Å². The van der Waals surface area contributed by atoms with Crippen LogP contribution in [0.15, 0.2) is 66.7 Å². The summed E-state index contributed by atoms with van der Waals surface area (Å²) >= 11 is 0. The fourth-order valence-electron chi connectivity index (χ4n) is 4.03. The molecule has 46 heavy (non-hydrogen) atoms. The molecule has 0 spiro atoms. The third-order valence-electron chi connectivity index (χ3n) is 6.37. The minimum Gasteiger partial charge on any atom is -0.508 e. The second-order valence-corrected chi connectivity index (χ2v) is 10.0. The smallest absolute Gasteiger partial charge is 0.251 e. The van der Waals surface area contributed by atoms with E-state index in [1.54, 1.807) is 43.3 Å². The summed E-state index contributed by atoms with van der Waals surface area (Å²) in [6.07, 6.45) is 1.19. The maximum atomic E-state index is 13.9. The number of amides is 1. The second kappa shape index (κ2) is 17.3. The van der Waals surface area contributed by atoms with Crippen LogP contribution in [0, 0.1) is 11.6 Å². The van der Waals surface area contributed by atoms with Crippen LogP contribution in [0.3, 0.4) is 0 Å². The van der Waals surface area contributed by atoms with Gasteiger partial charge < -0.3 is 40.6 Å². The van der Waals surface area contributed by atoms with Gasteiger partial charge in [-0.2, -0.15) is 15.0 Å². The van der Waals surface area contributed by atoms with Crippen molar-refractivity contribution in [2.45, 2.75) is 26.3 Å². The van der Waals surface area contributed by atoms with E-state index in [9.17, 15) is 23.5 Å². The van der Waals surface area contributed by atoms with Crippen LogP contribution < -0.4 is 21.3 Å². The second-order valence-electron chi connectivity index (χ2n) is 10.0. The molecule has 0 saturated carbocycles. The molecule has 0 aliphatic rings. The lowest BCUT2D eigenvalue weighted by Gasteiger charge is -2.12. The average Bonchev–Trinajstić information content (AvgIpc) is 3.03. The monoisotopic (exact) mass is 635 g/mol. The molecule has 0 unspecified atom stereocenters. The Hall–Kier alpha value is -5.21. The van der Waals surface area contributed by atoms with Gasteiger partial charge in [0.15, 0.2) is 0 Å². The molecule has 3 aromatic carbocycles. The molecular formula is C32H35F2N7O5. The van der Waals surface area contributed by atoms with Crippen molar-refractivity contribution in [3.8, 4) is 5.75 Å². The van der Waals surface area contributed by atoms with E-state index in [1.807, 2.05) is 0 Å². The van der Waals surface area contributed by atoms with Gasteiger partial charge in [-0.15, -0.1) is 0 Å². The summed E-state index contributed by atoms with van der Waals surface area (Å²) in [5.74, 6) is -1.03. The molecule has 0 radical (unpaired) electrons. The lowest BCUT2D eigenvalue weighted by atomic mass is 10.1. The summed E-state index contributed by atoms with van der Waals surface area (Å²) in [6.45, 7) is 3.34. The number of aromatic hydroxyl groups is 1. The predicted molar refractivity (Wildman–Crippen MR) is 169 cm³/mol. The van der Waals surface area contributed by atoms with Crippen molar-refractivity contribution < 1.29 is 33.0 Å². The largest absolute Gasteiger partial charge is 0.508 e. The topological polar surface area (TPSA) is 160 Å². The highest BCUT2D eigenvalue weighted by molar-refractivity contribution is 5.94. The van der Waals surface area contributed by atoms with Gasteiger partial charge in [-0.3, -0.25) is 4.79 Å². The summed E-state index contributed by atoms with van der Waals surface area (Å²) in [5.41, 5.74) is 1.27. The van der Waals surface area contributed by atoms with Crippen LogP contribution in [0.2, 0.25) is 0 Å². The molecule has 1 heterocycles. The maximum absolute atomic E-state index is 13.9. The van der Waals surface area contributed by atoms with Gasteiger partial charge in [0, 0.05) is 48.6 Å².